The lowest BCUT2D eigenvalue weighted by Gasteiger charge is -2.07. The number of rotatable bonds is 6. The Bertz CT molecular complexity index is 1110. The van der Waals surface area contributed by atoms with Crippen LogP contribution in [0.15, 0.2) is 77.4 Å². The Morgan fingerprint density at radius 1 is 1.11 bits per heavy atom. The summed E-state index contributed by atoms with van der Waals surface area (Å²) in [5, 5.41) is 3.06. The lowest BCUT2D eigenvalue weighted by atomic mass is 10.2. The van der Waals surface area contributed by atoms with Crippen LogP contribution >= 0.6 is 34.7 Å². The van der Waals surface area contributed by atoms with Crippen molar-refractivity contribution >= 4 is 40.5 Å². The molecule has 140 valence electrons. The Morgan fingerprint density at radius 3 is 2.61 bits per heavy atom. The molecule has 28 heavy (non-hydrogen) atoms. The maximum atomic E-state index is 14.4. The van der Waals surface area contributed by atoms with Crippen molar-refractivity contribution in [2.45, 2.75) is 5.16 Å². The third kappa shape index (κ3) is 4.04. The molecule has 0 atom stereocenters. The van der Waals surface area contributed by atoms with Gasteiger partial charge in [0.05, 0.1) is 22.0 Å². The first-order chi connectivity index (χ1) is 13.6. The molecule has 3 nitrogen and oxygen atoms in total. The maximum Gasteiger partial charge on any atom is 0.183 e. The number of imidazole rings is 1. The number of aromatic nitrogens is 2. The highest BCUT2D eigenvalue weighted by Gasteiger charge is 2.16. The third-order valence-electron chi connectivity index (χ3n) is 4.05. The molecule has 0 bridgehead atoms. The van der Waals surface area contributed by atoms with Gasteiger partial charge in [-0.25, -0.2) is 9.37 Å². The molecule has 0 radical (unpaired) electrons. The number of thiophene rings is 1. The van der Waals surface area contributed by atoms with E-state index in [2.05, 4.69) is 4.98 Å². The zero-order chi connectivity index (χ0) is 19.5. The smallest absolute Gasteiger partial charge is 0.183 e. The number of carbonyl (C=O) groups is 1. The second kappa shape index (κ2) is 8.31. The summed E-state index contributed by atoms with van der Waals surface area (Å²) >= 11 is 8.67. The van der Waals surface area contributed by atoms with Crippen LogP contribution in [0.1, 0.15) is 9.67 Å². The average Bonchev–Trinajstić information content (AvgIpc) is 3.37. The van der Waals surface area contributed by atoms with E-state index in [4.69, 9.17) is 11.6 Å². The summed E-state index contributed by atoms with van der Waals surface area (Å²) in [5.74, 6) is -0.100. The SMILES string of the molecule is O=C(CSc1nc(-c2ccc(Cl)cc2)cn1-c1ccccc1F)c1cccs1. The van der Waals surface area contributed by atoms with Gasteiger partial charge in [0.2, 0.25) is 0 Å². The van der Waals surface area contributed by atoms with Gasteiger partial charge >= 0.3 is 0 Å². The fourth-order valence-electron chi connectivity index (χ4n) is 2.68. The maximum absolute atomic E-state index is 14.4. The molecule has 0 unspecified atom stereocenters. The van der Waals surface area contributed by atoms with E-state index >= 15 is 0 Å². The van der Waals surface area contributed by atoms with E-state index in [0.717, 1.165) is 5.56 Å². The van der Waals surface area contributed by atoms with Crippen LogP contribution in [0.2, 0.25) is 5.02 Å². The number of benzene rings is 2. The molecular weight excluding hydrogens is 415 g/mol. The molecule has 0 aliphatic carbocycles. The summed E-state index contributed by atoms with van der Waals surface area (Å²) in [6.07, 6.45) is 1.78. The van der Waals surface area contributed by atoms with Crippen LogP contribution in [0.4, 0.5) is 4.39 Å². The minimum atomic E-state index is -0.353. The summed E-state index contributed by atoms with van der Waals surface area (Å²) in [6.45, 7) is 0. The van der Waals surface area contributed by atoms with E-state index in [-0.39, 0.29) is 17.4 Å². The number of para-hydroxylation sites is 1. The van der Waals surface area contributed by atoms with Crippen molar-refractivity contribution < 1.29 is 9.18 Å². The number of nitrogens with zero attached hydrogens (tertiary/aromatic N) is 2. The molecule has 2 aromatic carbocycles. The molecule has 2 heterocycles. The van der Waals surface area contributed by atoms with E-state index in [9.17, 15) is 9.18 Å². The van der Waals surface area contributed by atoms with Crippen LogP contribution in [-0.4, -0.2) is 21.1 Å². The molecule has 0 aliphatic rings. The van der Waals surface area contributed by atoms with E-state index in [1.165, 1.54) is 29.2 Å². The number of Topliss-reactive ketones (excluding diaryl/α,β-unsaturated/α-hetero) is 1. The predicted octanol–water partition coefficient (Wildman–Crippen LogP) is 6.37. The molecule has 0 saturated carbocycles. The van der Waals surface area contributed by atoms with Gasteiger partial charge in [-0.15, -0.1) is 11.3 Å². The Morgan fingerprint density at radius 2 is 1.89 bits per heavy atom. The Kier molecular flexibility index (Phi) is 5.62. The predicted molar refractivity (Wildman–Crippen MR) is 113 cm³/mol. The van der Waals surface area contributed by atoms with Gasteiger partial charge in [0.25, 0.3) is 0 Å². The summed E-state index contributed by atoms with van der Waals surface area (Å²) in [5.41, 5.74) is 1.94. The first kappa shape index (κ1) is 18.9. The van der Waals surface area contributed by atoms with Gasteiger partial charge < -0.3 is 0 Å². The molecule has 0 N–H and O–H groups in total. The number of halogens is 2. The van der Waals surface area contributed by atoms with Crippen LogP contribution in [0.5, 0.6) is 0 Å². The monoisotopic (exact) mass is 428 g/mol. The number of hydrogen-bond acceptors (Lipinski definition) is 4. The average molecular weight is 429 g/mol. The minimum absolute atomic E-state index is 0.0242. The molecule has 4 rings (SSSR count). The van der Waals surface area contributed by atoms with Crippen molar-refractivity contribution in [1.82, 2.24) is 9.55 Å². The van der Waals surface area contributed by atoms with Crippen molar-refractivity contribution in [2.75, 3.05) is 5.75 Å². The zero-order valence-corrected chi connectivity index (χ0v) is 16.9. The molecule has 0 aliphatic heterocycles. The number of ketones is 1. The molecular formula is C21H14ClFN2OS2. The van der Waals surface area contributed by atoms with Gasteiger partial charge in [-0.05, 0) is 35.7 Å². The van der Waals surface area contributed by atoms with Crippen LogP contribution in [-0.2, 0) is 0 Å². The molecule has 0 amide bonds. The quantitative estimate of drug-likeness (QED) is 0.264. The number of hydrogen-bond donors (Lipinski definition) is 0. The van der Waals surface area contributed by atoms with E-state index < -0.39 is 0 Å². The second-order valence-corrected chi connectivity index (χ2v) is 8.25. The van der Waals surface area contributed by atoms with Gasteiger partial charge in [-0.2, -0.15) is 0 Å². The van der Waals surface area contributed by atoms with Crippen LogP contribution in [0, 0.1) is 5.82 Å². The minimum Gasteiger partial charge on any atom is -0.292 e. The fourth-order valence-corrected chi connectivity index (χ4v) is 4.43. The van der Waals surface area contributed by atoms with E-state index in [1.807, 2.05) is 23.6 Å². The first-order valence-corrected chi connectivity index (χ1v) is 10.7. The number of carbonyl (C=O) groups excluding carboxylic acids is 1. The Labute approximate surface area is 174 Å². The van der Waals surface area contributed by atoms with Crippen molar-refractivity contribution in [3.05, 3.63) is 88.0 Å². The van der Waals surface area contributed by atoms with Gasteiger partial charge in [0.15, 0.2) is 10.9 Å². The topological polar surface area (TPSA) is 34.9 Å². The molecule has 2 aromatic heterocycles. The highest BCUT2D eigenvalue weighted by Crippen LogP contribution is 2.29. The van der Waals surface area contributed by atoms with Crippen LogP contribution in [0.3, 0.4) is 0 Å². The standard InChI is InChI=1S/C21H14ClFN2OS2/c22-15-9-7-14(8-10-15)17-12-25(18-5-2-1-4-16(18)23)21(24-17)28-13-19(26)20-6-3-11-27-20/h1-12H,13H2. The van der Waals surface area contributed by atoms with Gasteiger partial charge in [-0.3, -0.25) is 9.36 Å². The van der Waals surface area contributed by atoms with Gasteiger partial charge in [-0.1, -0.05) is 53.7 Å². The zero-order valence-electron chi connectivity index (χ0n) is 14.5. The van der Waals surface area contributed by atoms with Crippen molar-refractivity contribution in [1.29, 1.82) is 0 Å². The Hall–Kier alpha value is -2.41. The summed E-state index contributed by atoms with van der Waals surface area (Å²) < 4.78 is 16.1. The van der Waals surface area contributed by atoms with Gasteiger partial charge in [0.1, 0.15) is 5.82 Å². The summed E-state index contributed by atoms with van der Waals surface area (Å²) in [4.78, 5) is 17.7. The highest BCUT2D eigenvalue weighted by molar-refractivity contribution is 7.99. The second-order valence-electron chi connectivity index (χ2n) is 5.93. The molecule has 4 aromatic rings. The summed E-state index contributed by atoms with van der Waals surface area (Å²) in [6, 6.07) is 17.4. The van der Waals surface area contributed by atoms with Crippen LogP contribution < -0.4 is 0 Å². The van der Waals surface area contributed by atoms with Crippen molar-refractivity contribution in [2.24, 2.45) is 0 Å². The van der Waals surface area contributed by atoms with E-state index in [1.54, 1.807) is 47.2 Å². The highest BCUT2D eigenvalue weighted by atomic mass is 35.5. The third-order valence-corrected chi connectivity index (χ3v) is 6.17. The lowest BCUT2D eigenvalue weighted by molar-refractivity contribution is 0.102. The first-order valence-electron chi connectivity index (χ1n) is 8.41. The lowest BCUT2D eigenvalue weighted by Crippen LogP contribution is -2.03. The van der Waals surface area contributed by atoms with Crippen molar-refractivity contribution in [3.63, 3.8) is 0 Å². The summed E-state index contributed by atoms with van der Waals surface area (Å²) in [7, 11) is 0. The van der Waals surface area contributed by atoms with E-state index in [0.29, 0.717) is 26.4 Å². The largest absolute Gasteiger partial charge is 0.292 e. The number of thioether (sulfide) groups is 1. The molecule has 0 saturated heterocycles. The van der Waals surface area contributed by atoms with Crippen molar-refractivity contribution in [3.8, 4) is 16.9 Å². The van der Waals surface area contributed by atoms with Crippen LogP contribution in [0.25, 0.3) is 16.9 Å². The molecule has 0 spiro atoms. The normalized spacial score (nSPS) is 10.9. The molecule has 7 heteroatoms. The van der Waals surface area contributed by atoms with Gasteiger partial charge in [0, 0.05) is 16.8 Å². The Balaban J connectivity index is 1.69. The molecule has 0 fully saturated rings. The fraction of sp³-hybridized carbons (Fsp3) is 0.0476.